The summed E-state index contributed by atoms with van der Waals surface area (Å²) in [7, 11) is 0. The molecule has 1 amide bonds. The minimum absolute atomic E-state index is 0.00613. The van der Waals surface area contributed by atoms with Crippen molar-refractivity contribution in [2.75, 3.05) is 18.0 Å². The van der Waals surface area contributed by atoms with Crippen molar-refractivity contribution in [3.8, 4) is 0 Å². The van der Waals surface area contributed by atoms with Crippen LogP contribution >= 0.6 is 0 Å². The maximum Gasteiger partial charge on any atom is 0.220 e. The first kappa shape index (κ1) is 17.5. The van der Waals surface area contributed by atoms with Gasteiger partial charge in [0.25, 0.3) is 0 Å². The Balaban J connectivity index is 1.41. The minimum Gasteiger partial charge on any atom is -0.369 e. The van der Waals surface area contributed by atoms with Gasteiger partial charge in [0, 0.05) is 61.0 Å². The van der Waals surface area contributed by atoms with Crippen LogP contribution in [0.2, 0.25) is 0 Å². The van der Waals surface area contributed by atoms with Gasteiger partial charge in [0.1, 0.15) is 5.82 Å². The van der Waals surface area contributed by atoms with Crippen LogP contribution in [0.4, 0.5) is 5.82 Å². The van der Waals surface area contributed by atoms with Crippen molar-refractivity contribution in [3.63, 3.8) is 0 Å². The summed E-state index contributed by atoms with van der Waals surface area (Å²) in [4.78, 5) is 21.5. The Morgan fingerprint density at radius 1 is 1.15 bits per heavy atom. The molecule has 140 valence electrons. The van der Waals surface area contributed by atoms with Crippen molar-refractivity contribution in [3.05, 3.63) is 59.9 Å². The van der Waals surface area contributed by atoms with E-state index < -0.39 is 0 Å². The number of pyridine rings is 1. The number of aromatic nitrogens is 2. The van der Waals surface area contributed by atoms with E-state index in [0.717, 1.165) is 50.4 Å². The lowest BCUT2D eigenvalue weighted by molar-refractivity contribution is -0.122. The Morgan fingerprint density at radius 3 is 2.74 bits per heavy atom. The fraction of sp³-hybridized carbons (Fsp3) is 0.333. The van der Waals surface area contributed by atoms with Gasteiger partial charge in [-0.2, -0.15) is 0 Å². The van der Waals surface area contributed by atoms with E-state index in [4.69, 9.17) is 5.73 Å². The molecular weight excluding hydrogens is 338 g/mol. The molecule has 0 aliphatic carbocycles. The molecule has 0 spiro atoms. The summed E-state index contributed by atoms with van der Waals surface area (Å²) < 4.78 is 0. The molecule has 3 aromatic rings. The Morgan fingerprint density at radius 2 is 1.93 bits per heavy atom. The van der Waals surface area contributed by atoms with Gasteiger partial charge in [-0.25, -0.2) is 4.98 Å². The Labute approximate surface area is 158 Å². The van der Waals surface area contributed by atoms with E-state index in [1.165, 1.54) is 16.5 Å². The van der Waals surface area contributed by atoms with Gasteiger partial charge in [-0.05, 0) is 36.6 Å². The van der Waals surface area contributed by atoms with Crippen LogP contribution in [0.25, 0.3) is 10.9 Å². The highest BCUT2D eigenvalue weighted by Gasteiger charge is 2.24. The summed E-state index contributed by atoms with van der Waals surface area (Å²) in [5.74, 6) is 0.817. The molecule has 0 unspecified atom stereocenters. The van der Waals surface area contributed by atoms with Gasteiger partial charge >= 0.3 is 0 Å². The summed E-state index contributed by atoms with van der Waals surface area (Å²) in [6.45, 7) is 3.19. The highest BCUT2D eigenvalue weighted by molar-refractivity contribution is 5.82. The van der Waals surface area contributed by atoms with Gasteiger partial charge in [0.05, 0.1) is 0 Å². The van der Waals surface area contributed by atoms with Crippen LogP contribution in [0.15, 0.2) is 48.8 Å². The third-order valence-electron chi connectivity index (χ3n) is 5.38. The van der Waals surface area contributed by atoms with Crippen molar-refractivity contribution < 1.29 is 4.79 Å². The summed E-state index contributed by atoms with van der Waals surface area (Å²) in [5, 5.41) is 4.81. The molecular formula is C21H25N5O. The standard InChI is InChI=1S/C21H25N5O/c22-20(27)15-7-11-26(12-8-15)21-17(4-2-9-25-21)14-23-13-16-3-1-5-19-18(16)6-10-24-19/h1-6,9-10,15,23-24H,7-8,11-14H2,(H2,22,27). The Kier molecular flexibility index (Phi) is 5.07. The van der Waals surface area contributed by atoms with E-state index in [9.17, 15) is 4.79 Å². The number of nitrogens with one attached hydrogen (secondary N) is 2. The maximum atomic E-state index is 11.4. The number of carbonyl (C=O) groups excluding carboxylic acids is 1. The third kappa shape index (κ3) is 3.80. The van der Waals surface area contributed by atoms with Gasteiger partial charge in [0.15, 0.2) is 0 Å². The second-order valence-corrected chi connectivity index (χ2v) is 7.11. The van der Waals surface area contributed by atoms with E-state index in [1.54, 1.807) is 0 Å². The highest BCUT2D eigenvalue weighted by atomic mass is 16.1. The van der Waals surface area contributed by atoms with Crippen LogP contribution in [0.5, 0.6) is 0 Å². The Bertz CT molecular complexity index is 927. The molecule has 0 atom stereocenters. The van der Waals surface area contributed by atoms with E-state index in [-0.39, 0.29) is 11.8 Å². The van der Waals surface area contributed by atoms with Gasteiger partial charge in [-0.1, -0.05) is 18.2 Å². The van der Waals surface area contributed by atoms with Gasteiger partial charge in [-0.3, -0.25) is 4.79 Å². The topological polar surface area (TPSA) is 87.0 Å². The molecule has 0 radical (unpaired) electrons. The quantitative estimate of drug-likeness (QED) is 0.628. The number of carbonyl (C=O) groups is 1. The fourth-order valence-corrected chi connectivity index (χ4v) is 3.87. The molecule has 4 rings (SSSR count). The zero-order valence-corrected chi connectivity index (χ0v) is 15.3. The number of amides is 1. The van der Waals surface area contributed by atoms with Gasteiger partial charge in [-0.15, -0.1) is 0 Å². The monoisotopic (exact) mass is 363 g/mol. The average Bonchev–Trinajstić information content (AvgIpc) is 3.18. The lowest BCUT2D eigenvalue weighted by Gasteiger charge is -2.32. The number of piperidine rings is 1. The molecule has 0 bridgehead atoms. The first-order valence-corrected chi connectivity index (χ1v) is 9.46. The number of nitrogens with zero attached hydrogens (tertiary/aromatic N) is 2. The number of aromatic amines is 1. The van der Waals surface area contributed by atoms with Crippen molar-refractivity contribution in [1.82, 2.24) is 15.3 Å². The van der Waals surface area contributed by atoms with E-state index in [1.807, 2.05) is 18.5 Å². The number of hydrogen-bond acceptors (Lipinski definition) is 4. The van der Waals surface area contributed by atoms with Crippen LogP contribution in [-0.4, -0.2) is 29.0 Å². The molecule has 1 aliphatic heterocycles. The van der Waals surface area contributed by atoms with Crippen LogP contribution in [0, 0.1) is 5.92 Å². The Hall–Kier alpha value is -2.86. The molecule has 1 aliphatic rings. The molecule has 2 aromatic heterocycles. The summed E-state index contributed by atoms with van der Waals surface area (Å²) in [6, 6.07) is 12.5. The predicted molar refractivity (Wildman–Crippen MR) is 107 cm³/mol. The van der Waals surface area contributed by atoms with Crippen LogP contribution in [-0.2, 0) is 17.9 Å². The number of hydrogen-bond donors (Lipinski definition) is 3. The van der Waals surface area contributed by atoms with Crippen molar-refractivity contribution in [2.45, 2.75) is 25.9 Å². The molecule has 4 N–H and O–H groups in total. The SMILES string of the molecule is NC(=O)C1CCN(c2ncccc2CNCc2cccc3[nH]ccc23)CC1. The highest BCUT2D eigenvalue weighted by Crippen LogP contribution is 2.24. The second kappa shape index (κ2) is 7.80. The molecule has 1 saturated heterocycles. The first-order chi connectivity index (χ1) is 13.2. The third-order valence-corrected chi connectivity index (χ3v) is 5.38. The van der Waals surface area contributed by atoms with E-state index in [2.05, 4.69) is 50.5 Å². The molecule has 6 heteroatoms. The number of primary amides is 1. The molecule has 1 fully saturated rings. The van der Waals surface area contributed by atoms with Gasteiger partial charge < -0.3 is 20.9 Å². The van der Waals surface area contributed by atoms with Gasteiger partial charge in [0.2, 0.25) is 5.91 Å². The number of anilines is 1. The summed E-state index contributed by atoms with van der Waals surface area (Å²) in [5.41, 5.74) is 9.07. The lowest BCUT2D eigenvalue weighted by Crippen LogP contribution is -2.39. The normalized spacial score (nSPS) is 15.3. The maximum absolute atomic E-state index is 11.4. The number of nitrogens with two attached hydrogens (primary N) is 1. The molecule has 6 nitrogen and oxygen atoms in total. The van der Waals surface area contributed by atoms with Crippen molar-refractivity contribution in [2.24, 2.45) is 11.7 Å². The molecule has 1 aromatic carbocycles. The fourth-order valence-electron chi connectivity index (χ4n) is 3.87. The lowest BCUT2D eigenvalue weighted by atomic mass is 9.96. The zero-order valence-electron chi connectivity index (χ0n) is 15.3. The smallest absolute Gasteiger partial charge is 0.220 e. The van der Waals surface area contributed by atoms with E-state index >= 15 is 0 Å². The van der Waals surface area contributed by atoms with Crippen molar-refractivity contribution in [1.29, 1.82) is 0 Å². The number of fused-ring (bicyclic) bond motifs is 1. The minimum atomic E-state index is -0.184. The predicted octanol–water partition coefficient (Wildman–Crippen LogP) is 2.55. The molecule has 3 heterocycles. The summed E-state index contributed by atoms with van der Waals surface area (Å²) >= 11 is 0. The van der Waals surface area contributed by atoms with Crippen LogP contribution in [0.3, 0.4) is 0 Å². The van der Waals surface area contributed by atoms with E-state index in [0.29, 0.717) is 0 Å². The molecule has 0 saturated carbocycles. The second-order valence-electron chi connectivity index (χ2n) is 7.11. The summed E-state index contributed by atoms with van der Waals surface area (Å²) in [6.07, 6.45) is 5.41. The van der Waals surface area contributed by atoms with Crippen LogP contribution in [0.1, 0.15) is 24.0 Å². The number of rotatable bonds is 6. The number of benzene rings is 1. The molecule has 27 heavy (non-hydrogen) atoms. The average molecular weight is 363 g/mol. The van der Waals surface area contributed by atoms with Crippen LogP contribution < -0.4 is 16.0 Å². The first-order valence-electron chi connectivity index (χ1n) is 9.46. The number of H-pyrrole nitrogens is 1. The zero-order chi connectivity index (χ0) is 18.6. The largest absolute Gasteiger partial charge is 0.369 e. The van der Waals surface area contributed by atoms with Crippen molar-refractivity contribution >= 4 is 22.6 Å².